The molecule has 0 fully saturated rings. The lowest BCUT2D eigenvalue weighted by molar-refractivity contribution is 0.355. The molecule has 0 saturated heterocycles. The summed E-state index contributed by atoms with van der Waals surface area (Å²) in [6, 6.07) is 3.72. The van der Waals surface area contributed by atoms with Crippen molar-refractivity contribution in [2.24, 2.45) is 0 Å². The fraction of sp³-hybridized carbons (Fsp3) is 0.250. The molecule has 0 radical (unpaired) electrons. The number of aromatic nitrogens is 1. The molecule has 6 heteroatoms. The van der Waals surface area contributed by atoms with Crippen molar-refractivity contribution in [1.29, 1.82) is 0 Å². The number of benzene rings is 1. The predicted octanol–water partition coefficient (Wildman–Crippen LogP) is 3.48. The largest absolute Gasteiger partial charge is 0.493 e. The molecule has 0 amide bonds. The number of anilines is 1. The van der Waals surface area contributed by atoms with Gasteiger partial charge in [0, 0.05) is 10.0 Å². The molecule has 0 aliphatic heterocycles. The van der Waals surface area contributed by atoms with Crippen LogP contribution in [0.5, 0.6) is 11.5 Å². The second-order valence-corrected chi connectivity index (χ2v) is 5.72. The number of ether oxygens (including phenoxy) is 2. The minimum atomic E-state index is 0.653. The van der Waals surface area contributed by atoms with E-state index in [0.29, 0.717) is 16.5 Å². The number of rotatable bonds is 3. The molecule has 0 aliphatic carbocycles. The van der Waals surface area contributed by atoms with Gasteiger partial charge in [0.15, 0.2) is 11.5 Å². The first kappa shape index (κ1) is 13.2. The molecule has 1 heterocycles. The van der Waals surface area contributed by atoms with Crippen molar-refractivity contribution >= 4 is 32.3 Å². The molecule has 0 aliphatic rings. The highest BCUT2D eigenvalue weighted by atomic mass is 79.9. The number of aryl methyl sites for hydroxylation is 1. The highest BCUT2D eigenvalue weighted by molar-refractivity contribution is 9.10. The van der Waals surface area contributed by atoms with Crippen LogP contribution in [0.3, 0.4) is 0 Å². The predicted molar refractivity (Wildman–Crippen MR) is 77.5 cm³/mol. The molecule has 1 aromatic heterocycles. The van der Waals surface area contributed by atoms with Gasteiger partial charge in [-0.2, -0.15) is 0 Å². The van der Waals surface area contributed by atoms with Crippen LogP contribution in [0, 0.1) is 6.92 Å². The van der Waals surface area contributed by atoms with Crippen LogP contribution in [0.25, 0.3) is 11.3 Å². The number of nitrogen functional groups attached to an aromatic ring is 1. The molecular formula is C12H13BrN2O2S. The van der Waals surface area contributed by atoms with Crippen LogP contribution in [0.4, 0.5) is 5.00 Å². The summed E-state index contributed by atoms with van der Waals surface area (Å²) in [7, 11) is 3.20. The van der Waals surface area contributed by atoms with E-state index < -0.39 is 0 Å². The molecule has 0 bridgehead atoms. The van der Waals surface area contributed by atoms with Crippen molar-refractivity contribution < 1.29 is 9.47 Å². The molecule has 4 nitrogen and oxygen atoms in total. The molecule has 0 spiro atoms. The Labute approximate surface area is 118 Å². The third-order valence-electron chi connectivity index (χ3n) is 2.49. The molecule has 0 unspecified atom stereocenters. The first-order chi connectivity index (χ1) is 8.56. The first-order valence-electron chi connectivity index (χ1n) is 5.21. The summed E-state index contributed by atoms with van der Waals surface area (Å²) in [4.78, 5) is 4.44. The fourth-order valence-corrected chi connectivity index (χ4v) is 2.89. The van der Waals surface area contributed by atoms with Crippen molar-refractivity contribution in [3.63, 3.8) is 0 Å². The number of thiazole rings is 1. The van der Waals surface area contributed by atoms with Crippen LogP contribution in [0.15, 0.2) is 16.6 Å². The van der Waals surface area contributed by atoms with E-state index in [4.69, 9.17) is 15.2 Å². The van der Waals surface area contributed by atoms with Crippen LogP contribution >= 0.6 is 27.3 Å². The summed E-state index contributed by atoms with van der Waals surface area (Å²) in [6.45, 7) is 1.93. The monoisotopic (exact) mass is 328 g/mol. The maximum atomic E-state index is 5.97. The zero-order chi connectivity index (χ0) is 13.3. The average Bonchev–Trinajstić information content (AvgIpc) is 2.68. The lowest BCUT2D eigenvalue weighted by Crippen LogP contribution is -1.93. The van der Waals surface area contributed by atoms with E-state index in [1.165, 1.54) is 11.3 Å². The zero-order valence-corrected chi connectivity index (χ0v) is 12.7. The average molecular weight is 329 g/mol. The van der Waals surface area contributed by atoms with Gasteiger partial charge in [-0.3, -0.25) is 0 Å². The van der Waals surface area contributed by atoms with Gasteiger partial charge in [0.1, 0.15) is 10.7 Å². The quantitative estimate of drug-likeness (QED) is 0.937. The van der Waals surface area contributed by atoms with E-state index in [1.807, 2.05) is 19.1 Å². The highest BCUT2D eigenvalue weighted by Gasteiger charge is 2.16. The van der Waals surface area contributed by atoms with Crippen molar-refractivity contribution in [2.45, 2.75) is 6.92 Å². The van der Waals surface area contributed by atoms with Crippen LogP contribution in [-0.4, -0.2) is 19.2 Å². The number of hydrogen-bond donors (Lipinski definition) is 1. The van der Waals surface area contributed by atoms with Gasteiger partial charge in [-0.25, -0.2) is 4.98 Å². The summed E-state index contributed by atoms with van der Waals surface area (Å²) in [5.41, 5.74) is 7.63. The van der Waals surface area contributed by atoms with E-state index in [-0.39, 0.29) is 0 Å². The normalized spacial score (nSPS) is 10.4. The van der Waals surface area contributed by atoms with Gasteiger partial charge in [0.25, 0.3) is 0 Å². The Morgan fingerprint density at radius 2 is 1.83 bits per heavy atom. The van der Waals surface area contributed by atoms with Crippen LogP contribution in [-0.2, 0) is 0 Å². The zero-order valence-electron chi connectivity index (χ0n) is 10.3. The Morgan fingerprint density at radius 1 is 1.22 bits per heavy atom. The van der Waals surface area contributed by atoms with E-state index in [9.17, 15) is 0 Å². The lowest BCUT2D eigenvalue weighted by atomic mass is 10.1. The second-order valence-electron chi connectivity index (χ2n) is 3.63. The van der Waals surface area contributed by atoms with Crippen molar-refractivity contribution in [2.75, 3.05) is 20.0 Å². The Kier molecular flexibility index (Phi) is 3.77. The van der Waals surface area contributed by atoms with Gasteiger partial charge in [-0.15, -0.1) is 11.3 Å². The van der Waals surface area contributed by atoms with Gasteiger partial charge < -0.3 is 15.2 Å². The fourth-order valence-electron chi connectivity index (χ4n) is 1.67. The first-order valence-corrected chi connectivity index (χ1v) is 6.82. The SMILES string of the molecule is COc1cc(Br)c(-c2nc(C)sc2N)cc1OC. The Hall–Kier alpha value is -1.27. The molecule has 0 atom stereocenters. The van der Waals surface area contributed by atoms with Gasteiger partial charge >= 0.3 is 0 Å². The van der Waals surface area contributed by atoms with E-state index in [1.54, 1.807) is 14.2 Å². The standard InChI is InChI=1S/C12H13BrN2O2S/c1-6-15-11(12(14)18-6)7-4-9(16-2)10(17-3)5-8(7)13/h4-5H,14H2,1-3H3. The minimum Gasteiger partial charge on any atom is -0.493 e. The van der Waals surface area contributed by atoms with Crippen LogP contribution < -0.4 is 15.2 Å². The van der Waals surface area contributed by atoms with E-state index >= 15 is 0 Å². The summed E-state index contributed by atoms with van der Waals surface area (Å²) >= 11 is 4.97. The molecule has 2 N–H and O–H groups in total. The summed E-state index contributed by atoms with van der Waals surface area (Å²) in [6.07, 6.45) is 0. The summed E-state index contributed by atoms with van der Waals surface area (Å²) in [5.74, 6) is 1.32. The molecule has 1 aromatic carbocycles. The second kappa shape index (κ2) is 5.16. The summed E-state index contributed by atoms with van der Waals surface area (Å²) in [5, 5.41) is 1.63. The van der Waals surface area contributed by atoms with Gasteiger partial charge in [0.2, 0.25) is 0 Å². The van der Waals surface area contributed by atoms with E-state index in [0.717, 1.165) is 20.7 Å². The minimum absolute atomic E-state index is 0.653. The highest BCUT2D eigenvalue weighted by Crippen LogP contribution is 2.41. The van der Waals surface area contributed by atoms with Gasteiger partial charge in [-0.1, -0.05) is 0 Å². The van der Waals surface area contributed by atoms with Gasteiger partial charge in [-0.05, 0) is 35.0 Å². The maximum absolute atomic E-state index is 5.97. The maximum Gasteiger partial charge on any atom is 0.161 e. The van der Waals surface area contributed by atoms with Crippen molar-refractivity contribution in [3.05, 3.63) is 21.6 Å². The Morgan fingerprint density at radius 3 is 2.33 bits per heavy atom. The van der Waals surface area contributed by atoms with Crippen LogP contribution in [0.2, 0.25) is 0 Å². The van der Waals surface area contributed by atoms with E-state index in [2.05, 4.69) is 20.9 Å². The molecule has 0 saturated carbocycles. The number of methoxy groups -OCH3 is 2. The topological polar surface area (TPSA) is 57.4 Å². The molecular weight excluding hydrogens is 316 g/mol. The third-order valence-corrected chi connectivity index (χ3v) is 3.94. The number of halogens is 1. The van der Waals surface area contributed by atoms with Crippen molar-refractivity contribution in [1.82, 2.24) is 4.98 Å². The number of hydrogen-bond acceptors (Lipinski definition) is 5. The summed E-state index contributed by atoms with van der Waals surface area (Å²) < 4.78 is 11.4. The van der Waals surface area contributed by atoms with Crippen LogP contribution in [0.1, 0.15) is 5.01 Å². The molecule has 96 valence electrons. The smallest absolute Gasteiger partial charge is 0.161 e. The molecule has 2 aromatic rings. The van der Waals surface area contributed by atoms with Gasteiger partial charge in [0.05, 0.1) is 19.2 Å². The molecule has 2 rings (SSSR count). The number of nitrogens with two attached hydrogens (primary N) is 1. The Bertz CT molecular complexity index is 584. The third kappa shape index (κ3) is 2.30. The Balaban J connectivity index is 2.61. The molecule has 18 heavy (non-hydrogen) atoms. The van der Waals surface area contributed by atoms with Crippen molar-refractivity contribution in [3.8, 4) is 22.8 Å². The number of nitrogens with zero attached hydrogens (tertiary/aromatic N) is 1. The lowest BCUT2D eigenvalue weighted by Gasteiger charge is -2.11.